The number of nitro benzene ring substituents is 1. The molecule has 2 aliphatic carbocycles. The quantitative estimate of drug-likeness (QED) is 0.260. The summed E-state index contributed by atoms with van der Waals surface area (Å²) in [4.78, 5) is 44.4. The zero-order valence-electron chi connectivity index (χ0n) is 25.2. The molecule has 2 aliphatic heterocycles. The Labute approximate surface area is 259 Å². The summed E-state index contributed by atoms with van der Waals surface area (Å²) in [7, 11) is -0.200. The Kier molecular flexibility index (Phi) is 6.37. The Balaban J connectivity index is 1.31. The first-order valence-electron chi connectivity index (χ1n) is 14.8. The smallest absolute Gasteiger partial charge is 0.280 e. The van der Waals surface area contributed by atoms with Crippen LogP contribution in [-0.2, 0) is 21.3 Å². The largest absolute Gasteiger partial charge is 0.454 e. The summed E-state index contributed by atoms with van der Waals surface area (Å²) >= 11 is 0. The Bertz CT molecular complexity index is 1920. The number of nitrogens with zero attached hydrogens (tertiary/aromatic N) is 3. The van der Waals surface area contributed by atoms with E-state index in [-0.39, 0.29) is 45.1 Å². The molecule has 3 aromatic rings. The number of ketones is 1. The maximum absolute atomic E-state index is 14.3. The average Bonchev–Trinajstić information content (AvgIpc) is 3.32. The third-order valence-electron chi connectivity index (χ3n) is 9.87. The lowest BCUT2D eigenvalue weighted by Crippen LogP contribution is -2.60. The van der Waals surface area contributed by atoms with Gasteiger partial charge in [0, 0.05) is 36.3 Å². The summed E-state index contributed by atoms with van der Waals surface area (Å²) in [5.41, 5.74) is -2.10. The lowest BCUT2D eigenvalue weighted by molar-refractivity contribution is -0.388. The number of H-pyrrole nitrogens is 1. The van der Waals surface area contributed by atoms with Crippen molar-refractivity contribution in [3.05, 3.63) is 86.1 Å². The molecule has 4 unspecified atom stereocenters. The lowest BCUT2D eigenvalue weighted by atomic mass is 9.82. The molecule has 3 N–H and O–H groups in total. The number of Topliss-reactive ketones (excluding diaryl/α,β-unsaturated/α-hetero) is 1. The molecule has 0 bridgehead atoms. The number of aromatic amines is 1. The van der Waals surface area contributed by atoms with Crippen molar-refractivity contribution < 1.29 is 32.8 Å². The Hall–Kier alpha value is -4.11. The summed E-state index contributed by atoms with van der Waals surface area (Å²) < 4.78 is 34.5. The molecule has 1 saturated heterocycles. The number of carbonyl (C=O) groups excluding carboxylic acids is 2. The van der Waals surface area contributed by atoms with Gasteiger partial charge in [0.15, 0.2) is 0 Å². The van der Waals surface area contributed by atoms with Crippen molar-refractivity contribution in [2.75, 3.05) is 27.2 Å². The van der Waals surface area contributed by atoms with Crippen LogP contribution in [0, 0.1) is 23.0 Å². The van der Waals surface area contributed by atoms with Crippen molar-refractivity contribution in [1.29, 1.82) is 0 Å². The number of aliphatic hydroxyl groups is 1. The summed E-state index contributed by atoms with van der Waals surface area (Å²) in [6, 6.07) is 10.4. The van der Waals surface area contributed by atoms with Crippen molar-refractivity contribution in [1.82, 2.24) is 19.5 Å². The fraction of sp³-hybridized carbons (Fsp3) is 0.419. The number of hydrogen-bond donors (Lipinski definition) is 3. The molecule has 1 aromatic heterocycles. The summed E-state index contributed by atoms with van der Waals surface area (Å²) in [6.45, 7) is 4.27. The zero-order valence-corrected chi connectivity index (χ0v) is 26.0. The second kappa shape index (κ2) is 9.69. The molecule has 4 aliphatic rings. The summed E-state index contributed by atoms with van der Waals surface area (Å²) in [5, 5.41) is 26.9. The molecule has 3 heterocycles. The SMILES string of the molecule is Cc1cc(S(=O)(=O)N2CC[C@H](N(C)C)C2)[nH]c1C(=O)NC12C(=O)c3cccc([N+](=O)[O-])c3C1(O)Oc1cc(C3CC3C)ccc12. The second-order valence-electron chi connectivity index (χ2n) is 12.8. The average molecular weight is 636 g/mol. The number of hydrogen-bond acceptors (Lipinski definition) is 9. The fourth-order valence-corrected chi connectivity index (χ4v) is 8.70. The second-order valence-corrected chi connectivity index (χ2v) is 14.7. The van der Waals surface area contributed by atoms with Gasteiger partial charge in [0.05, 0.1) is 4.92 Å². The molecule has 0 spiro atoms. The fourth-order valence-electron chi connectivity index (χ4n) is 7.16. The van der Waals surface area contributed by atoms with Crippen LogP contribution in [0.15, 0.2) is 47.5 Å². The van der Waals surface area contributed by atoms with E-state index < -0.39 is 43.7 Å². The number of nitrogens with one attached hydrogen (secondary N) is 2. The number of fused-ring (bicyclic) bond motifs is 5. The van der Waals surface area contributed by atoms with Crippen LogP contribution in [0.2, 0.25) is 0 Å². The van der Waals surface area contributed by atoms with E-state index in [0.29, 0.717) is 31.0 Å². The number of sulfonamides is 1. The van der Waals surface area contributed by atoms with Crippen LogP contribution in [0.3, 0.4) is 0 Å². The minimum absolute atomic E-state index is 0.0560. The highest BCUT2D eigenvalue weighted by molar-refractivity contribution is 7.89. The third kappa shape index (κ3) is 4.05. The first kappa shape index (κ1) is 29.6. The summed E-state index contributed by atoms with van der Waals surface area (Å²) in [6.07, 6.45) is 1.62. The number of carbonyl (C=O) groups is 2. The molecule has 236 valence electrons. The molecule has 14 heteroatoms. The van der Waals surface area contributed by atoms with Crippen molar-refractivity contribution >= 4 is 27.4 Å². The van der Waals surface area contributed by atoms with Gasteiger partial charge >= 0.3 is 0 Å². The Morgan fingerprint density at radius 2 is 1.98 bits per heavy atom. The molecular formula is C31H33N5O8S. The van der Waals surface area contributed by atoms with Gasteiger partial charge in [-0.3, -0.25) is 19.7 Å². The number of rotatable bonds is 7. The van der Waals surface area contributed by atoms with Gasteiger partial charge in [-0.25, -0.2) is 8.42 Å². The first-order valence-corrected chi connectivity index (χ1v) is 16.2. The maximum atomic E-state index is 14.3. The van der Waals surface area contributed by atoms with E-state index in [9.17, 15) is 33.2 Å². The van der Waals surface area contributed by atoms with Crippen LogP contribution < -0.4 is 10.1 Å². The highest BCUT2D eigenvalue weighted by atomic mass is 32.2. The molecule has 7 rings (SSSR count). The van der Waals surface area contributed by atoms with Crippen LogP contribution in [-0.4, -0.2) is 77.6 Å². The highest BCUT2D eigenvalue weighted by Gasteiger charge is 2.73. The van der Waals surface area contributed by atoms with Crippen molar-refractivity contribution in [3.8, 4) is 5.75 Å². The van der Waals surface area contributed by atoms with Gasteiger partial charge in [0.2, 0.25) is 11.3 Å². The number of nitro groups is 1. The predicted molar refractivity (Wildman–Crippen MR) is 160 cm³/mol. The number of aromatic nitrogens is 1. The maximum Gasteiger partial charge on any atom is 0.280 e. The zero-order chi connectivity index (χ0) is 32.2. The van der Waals surface area contributed by atoms with E-state index in [1.54, 1.807) is 19.1 Å². The lowest BCUT2D eigenvalue weighted by Gasteiger charge is -2.34. The number of ether oxygens (including phenoxy) is 1. The monoisotopic (exact) mass is 635 g/mol. The molecule has 2 fully saturated rings. The number of aryl methyl sites for hydroxylation is 1. The minimum Gasteiger partial charge on any atom is -0.454 e. The van der Waals surface area contributed by atoms with Crippen LogP contribution in [0.4, 0.5) is 5.69 Å². The summed E-state index contributed by atoms with van der Waals surface area (Å²) in [5.74, 6) is -3.49. The third-order valence-corrected chi connectivity index (χ3v) is 11.7. The van der Waals surface area contributed by atoms with E-state index >= 15 is 0 Å². The van der Waals surface area contributed by atoms with Gasteiger partial charge in [0.1, 0.15) is 22.0 Å². The van der Waals surface area contributed by atoms with E-state index in [1.807, 2.05) is 25.1 Å². The van der Waals surface area contributed by atoms with E-state index in [4.69, 9.17) is 4.74 Å². The standard InChI is InChI=1S/C31H33N5O8S/c1-16-12-21(16)18-8-9-22-24(14-18)44-31(39)26-20(6-5-7-23(26)36(40)41)28(37)30(22,31)33-29(38)27-17(2)13-25(32-27)45(42,43)35-11-10-19(15-35)34(3)4/h5-9,13-14,16,19,21,32,39H,10-12,15H2,1-4H3,(H,33,38)/t16?,19-,21?,30?,31?/m0/s1. The van der Waals surface area contributed by atoms with Crippen LogP contribution >= 0.6 is 0 Å². The molecule has 0 radical (unpaired) electrons. The van der Waals surface area contributed by atoms with Gasteiger partial charge in [0.25, 0.3) is 27.4 Å². The predicted octanol–water partition coefficient (Wildman–Crippen LogP) is 2.74. The van der Waals surface area contributed by atoms with E-state index in [2.05, 4.69) is 17.2 Å². The number of likely N-dealkylation sites (N-methyl/N-ethyl adjacent to an activating group) is 1. The van der Waals surface area contributed by atoms with Crippen LogP contribution in [0.25, 0.3) is 0 Å². The topological polar surface area (TPSA) is 175 Å². The van der Waals surface area contributed by atoms with E-state index in [0.717, 1.165) is 18.1 Å². The van der Waals surface area contributed by atoms with Gasteiger partial charge in [-0.2, -0.15) is 4.31 Å². The first-order chi connectivity index (χ1) is 21.2. The van der Waals surface area contributed by atoms with Crippen LogP contribution in [0.1, 0.15) is 68.8 Å². The number of amides is 1. The van der Waals surface area contributed by atoms with Crippen molar-refractivity contribution in [3.63, 3.8) is 0 Å². The minimum atomic E-state index is -3.97. The number of benzene rings is 2. The molecule has 45 heavy (non-hydrogen) atoms. The van der Waals surface area contributed by atoms with Gasteiger partial charge in [-0.15, -0.1) is 0 Å². The molecular weight excluding hydrogens is 602 g/mol. The molecule has 1 amide bonds. The Morgan fingerprint density at radius 1 is 1.24 bits per heavy atom. The van der Waals surface area contributed by atoms with Crippen molar-refractivity contribution in [2.24, 2.45) is 5.92 Å². The van der Waals surface area contributed by atoms with E-state index in [1.165, 1.54) is 22.5 Å². The highest BCUT2D eigenvalue weighted by Crippen LogP contribution is 2.61. The molecule has 5 atom stereocenters. The normalized spacial score (nSPS) is 28.5. The van der Waals surface area contributed by atoms with Crippen molar-refractivity contribution in [2.45, 2.75) is 55.0 Å². The Morgan fingerprint density at radius 3 is 2.62 bits per heavy atom. The molecule has 2 aromatic carbocycles. The van der Waals surface area contributed by atoms with Gasteiger partial charge in [-0.05, 0) is 69.0 Å². The van der Waals surface area contributed by atoms with Gasteiger partial charge in [-0.1, -0.05) is 31.2 Å². The van der Waals surface area contributed by atoms with Gasteiger partial charge < -0.3 is 25.0 Å². The molecule has 13 nitrogen and oxygen atoms in total. The molecule has 1 saturated carbocycles. The van der Waals surface area contributed by atoms with Crippen LogP contribution in [0.5, 0.6) is 5.75 Å².